The molecule has 17 heavy (non-hydrogen) atoms. The van der Waals surface area contributed by atoms with Crippen LogP contribution in [-0.2, 0) is 0 Å². The van der Waals surface area contributed by atoms with Gasteiger partial charge in [-0.3, -0.25) is 0 Å². The maximum Gasteiger partial charge on any atom is 0.124 e. The number of thiophene rings is 1. The molecule has 90 valence electrons. The van der Waals surface area contributed by atoms with Crippen LogP contribution in [0.5, 0.6) is 0 Å². The molecule has 0 spiro atoms. The molecule has 0 nitrogen and oxygen atoms in total. The molecular formula is C11H5Br3FIS. The Morgan fingerprint density at radius 3 is 2.47 bits per heavy atom. The highest BCUT2D eigenvalue weighted by Crippen LogP contribution is 2.42. The monoisotopic (exact) mass is 552 g/mol. The first-order valence-electron chi connectivity index (χ1n) is 4.53. The maximum atomic E-state index is 13.0. The summed E-state index contributed by atoms with van der Waals surface area (Å²) in [5.74, 6) is -0.202. The molecule has 0 radical (unpaired) electrons. The molecule has 1 aromatic heterocycles. The predicted octanol–water partition coefficient (Wildman–Crippen LogP) is 6.50. The van der Waals surface area contributed by atoms with Gasteiger partial charge in [-0.1, -0.05) is 22.0 Å². The summed E-state index contributed by atoms with van der Waals surface area (Å²) in [6, 6.07) is 6.91. The van der Waals surface area contributed by atoms with Crippen LogP contribution in [-0.4, -0.2) is 0 Å². The van der Waals surface area contributed by atoms with Crippen molar-refractivity contribution in [3.63, 3.8) is 0 Å². The maximum absolute atomic E-state index is 13.0. The Bertz CT molecular complexity index is 536. The zero-order chi connectivity index (χ0) is 12.6. The third kappa shape index (κ3) is 3.32. The smallest absolute Gasteiger partial charge is 0.124 e. The third-order valence-corrected chi connectivity index (χ3v) is 7.69. The van der Waals surface area contributed by atoms with Crippen molar-refractivity contribution in [2.24, 2.45) is 0 Å². The van der Waals surface area contributed by atoms with E-state index >= 15 is 0 Å². The predicted molar refractivity (Wildman–Crippen MR) is 89.6 cm³/mol. The number of alkyl halides is 1. The minimum Gasteiger partial charge on any atom is -0.207 e. The minimum atomic E-state index is -0.202. The number of hydrogen-bond acceptors (Lipinski definition) is 1. The lowest BCUT2D eigenvalue weighted by atomic mass is 10.1. The van der Waals surface area contributed by atoms with E-state index in [-0.39, 0.29) is 10.6 Å². The van der Waals surface area contributed by atoms with Crippen molar-refractivity contribution in [3.05, 3.63) is 52.4 Å². The largest absolute Gasteiger partial charge is 0.207 e. The van der Waals surface area contributed by atoms with E-state index < -0.39 is 0 Å². The van der Waals surface area contributed by atoms with Crippen LogP contribution < -0.4 is 0 Å². The fraction of sp³-hybridized carbons (Fsp3) is 0.0909. The molecule has 1 aromatic carbocycles. The van der Waals surface area contributed by atoms with E-state index in [0.717, 1.165) is 17.4 Å². The normalized spacial score (nSPS) is 12.8. The summed E-state index contributed by atoms with van der Waals surface area (Å²) >= 11 is 14.4. The Hall–Kier alpha value is 1.02. The highest BCUT2D eigenvalue weighted by Gasteiger charge is 2.17. The van der Waals surface area contributed by atoms with Crippen LogP contribution in [0.1, 0.15) is 15.3 Å². The van der Waals surface area contributed by atoms with E-state index in [2.05, 4.69) is 76.4 Å². The SMILES string of the molecule is Fc1ccc(C(Br)c2cc(Br)c(Br)s2)c(I)c1. The molecule has 0 bridgehead atoms. The summed E-state index contributed by atoms with van der Waals surface area (Å²) in [6.45, 7) is 0. The summed E-state index contributed by atoms with van der Waals surface area (Å²) in [4.78, 5) is 1.26. The third-order valence-electron chi connectivity index (χ3n) is 2.15. The molecule has 2 aromatic rings. The fourth-order valence-corrected chi connectivity index (χ4v) is 5.46. The molecule has 2 rings (SSSR count). The number of benzene rings is 1. The van der Waals surface area contributed by atoms with Crippen LogP contribution >= 0.6 is 81.7 Å². The molecule has 0 saturated heterocycles. The molecule has 1 atom stereocenters. The summed E-state index contributed by atoms with van der Waals surface area (Å²) in [5.41, 5.74) is 1.08. The highest BCUT2D eigenvalue weighted by molar-refractivity contribution is 14.1. The van der Waals surface area contributed by atoms with Gasteiger partial charge in [-0.05, 0) is 78.2 Å². The van der Waals surface area contributed by atoms with Crippen molar-refractivity contribution in [2.75, 3.05) is 0 Å². The van der Waals surface area contributed by atoms with Crippen LogP contribution in [0.3, 0.4) is 0 Å². The Morgan fingerprint density at radius 1 is 1.24 bits per heavy atom. The molecule has 1 unspecified atom stereocenters. The zero-order valence-electron chi connectivity index (χ0n) is 8.18. The van der Waals surface area contributed by atoms with E-state index in [1.165, 1.54) is 10.9 Å². The lowest BCUT2D eigenvalue weighted by Gasteiger charge is -2.10. The Morgan fingerprint density at radius 2 is 1.94 bits per heavy atom. The van der Waals surface area contributed by atoms with Crippen LogP contribution in [0.15, 0.2) is 32.5 Å². The Labute approximate surface area is 142 Å². The van der Waals surface area contributed by atoms with Crippen molar-refractivity contribution in [2.45, 2.75) is 4.83 Å². The number of hydrogen-bond donors (Lipinski definition) is 0. The first kappa shape index (κ1) is 14.4. The molecule has 0 aliphatic heterocycles. The van der Waals surface area contributed by atoms with E-state index in [1.54, 1.807) is 17.4 Å². The fourth-order valence-electron chi connectivity index (χ4n) is 1.35. The van der Waals surface area contributed by atoms with Gasteiger partial charge >= 0.3 is 0 Å². The summed E-state index contributed by atoms with van der Waals surface area (Å²) in [5, 5.41) is 0. The topological polar surface area (TPSA) is 0 Å². The first-order valence-corrected chi connectivity index (χ1v) is 8.92. The second-order valence-electron chi connectivity index (χ2n) is 3.30. The first-order chi connectivity index (χ1) is 7.99. The molecule has 0 N–H and O–H groups in total. The van der Waals surface area contributed by atoms with Gasteiger partial charge in [-0.15, -0.1) is 11.3 Å². The van der Waals surface area contributed by atoms with Gasteiger partial charge in [0.15, 0.2) is 0 Å². The Kier molecular flexibility index (Phi) is 5.08. The van der Waals surface area contributed by atoms with Gasteiger partial charge in [-0.25, -0.2) is 4.39 Å². The lowest BCUT2D eigenvalue weighted by molar-refractivity contribution is 0.626. The minimum absolute atomic E-state index is 0.0857. The highest BCUT2D eigenvalue weighted by atomic mass is 127. The van der Waals surface area contributed by atoms with Crippen LogP contribution in [0.4, 0.5) is 4.39 Å². The molecule has 0 amide bonds. The molecule has 1 heterocycles. The quantitative estimate of drug-likeness (QED) is 0.294. The number of rotatable bonds is 2. The lowest BCUT2D eigenvalue weighted by Crippen LogP contribution is -1.94. The molecular weight excluding hydrogens is 550 g/mol. The van der Waals surface area contributed by atoms with E-state index in [0.29, 0.717) is 0 Å². The van der Waals surface area contributed by atoms with Gasteiger partial charge in [0.25, 0.3) is 0 Å². The molecule has 0 aliphatic carbocycles. The van der Waals surface area contributed by atoms with Gasteiger partial charge in [0.1, 0.15) is 5.82 Å². The van der Waals surface area contributed by atoms with Gasteiger partial charge in [0, 0.05) is 12.9 Å². The summed E-state index contributed by atoms with van der Waals surface area (Å²) < 4.78 is 16.1. The summed E-state index contributed by atoms with van der Waals surface area (Å²) in [7, 11) is 0. The van der Waals surface area contributed by atoms with E-state index in [9.17, 15) is 4.39 Å². The van der Waals surface area contributed by atoms with Gasteiger partial charge in [-0.2, -0.15) is 0 Å². The van der Waals surface area contributed by atoms with Gasteiger partial charge < -0.3 is 0 Å². The second kappa shape index (κ2) is 5.98. The standard InChI is InChI=1S/C11H5Br3FIS/c12-7-4-9(17-11(7)14)10(13)6-2-1-5(15)3-8(6)16/h1-4,10H. The van der Waals surface area contributed by atoms with E-state index in [4.69, 9.17) is 0 Å². The molecule has 0 aliphatic rings. The molecule has 0 fully saturated rings. The van der Waals surface area contributed by atoms with Crippen molar-refractivity contribution < 1.29 is 4.39 Å². The number of halogens is 5. The van der Waals surface area contributed by atoms with Crippen molar-refractivity contribution in [3.8, 4) is 0 Å². The Balaban J connectivity index is 2.39. The average molecular weight is 555 g/mol. The van der Waals surface area contributed by atoms with Gasteiger partial charge in [0.2, 0.25) is 0 Å². The van der Waals surface area contributed by atoms with E-state index in [1.807, 2.05) is 6.07 Å². The van der Waals surface area contributed by atoms with Crippen LogP contribution in [0, 0.1) is 9.39 Å². The summed E-state index contributed by atoms with van der Waals surface area (Å²) in [6.07, 6.45) is 0. The molecule has 0 saturated carbocycles. The second-order valence-corrected chi connectivity index (χ2v) is 8.63. The van der Waals surface area contributed by atoms with Crippen molar-refractivity contribution in [1.82, 2.24) is 0 Å². The van der Waals surface area contributed by atoms with Crippen LogP contribution in [0.25, 0.3) is 0 Å². The van der Waals surface area contributed by atoms with Crippen molar-refractivity contribution >= 4 is 81.7 Å². The zero-order valence-corrected chi connectivity index (χ0v) is 15.9. The molecule has 6 heteroatoms. The van der Waals surface area contributed by atoms with Gasteiger partial charge in [0.05, 0.1) is 8.61 Å². The van der Waals surface area contributed by atoms with Crippen LogP contribution in [0.2, 0.25) is 0 Å². The van der Waals surface area contributed by atoms with Crippen molar-refractivity contribution in [1.29, 1.82) is 0 Å². The average Bonchev–Trinajstić information content (AvgIpc) is 2.58.